The van der Waals surface area contributed by atoms with E-state index in [4.69, 9.17) is 0 Å². The quantitative estimate of drug-likeness (QED) is 0.283. The molecule has 39 heavy (non-hydrogen) atoms. The SMILES string of the molecule is Cc1ccc(-c2cn3nc(-c4ccc(-c5n[nH]c(=O)[nH]5)cc4C(F)(F)F)ccc3n2)cc1NC(=O)C(C)(C)C. The van der Waals surface area contributed by atoms with Crippen molar-refractivity contribution < 1.29 is 18.0 Å². The molecule has 3 N–H and O–H groups in total. The lowest BCUT2D eigenvalue weighted by Gasteiger charge is -2.19. The van der Waals surface area contributed by atoms with Crippen molar-refractivity contribution >= 4 is 17.2 Å². The highest BCUT2D eigenvalue weighted by Gasteiger charge is 2.35. The average molecular weight is 536 g/mol. The fourth-order valence-electron chi connectivity index (χ4n) is 3.95. The van der Waals surface area contributed by atoms with E-state index >= 15 is 0 Å². The minimum Gasteiger partial charge on any atom is -0.325 e. The zero-order valence-electron chi connectivity index (χ0n) is 21.4. The van der Waals surface area contributed by atoms with Gasteiger partial charge >= 0.3 is 11.9 Å². The molecule has 3 aromatic heterocycles. The third kappa shape index (κ3) is 5.17. The Labute approximate surface area is 220 Å². The smallest absolute Gasteiger partial charge is 0.325 e. The van der Waals surface area contributed by atoms with Gasteiger partial charge < -0.3 is 5.32 Å². The van der Waals surface area contributed by atoms with E-state index in [9.17, 15) is 22.8 Å². The zero-order chi connectivity index (χ0) is 28.1. The molecule has 0 saturated heterocycles. The number of nitrogens with zero attached hydrogens (tertiary/aromatic N) is 4. The Kier molecular flexibility index (Phi) is 6.12. The molecule has 5 aromatic rings. The summed E-state index contributed by atoms with van der Waals surface area (Å²) in [6, 6.07) is 12.2. The Morgan fingerprint density at radius 3 is 2.38 bits per heavy atom. The average Bonchev–Trinajstić information content (AvgIpc) is 3.49. The predicted octanol–water partition coefficient (Wildman–Crippen LogP) is 5.45. The Morgan fingerprint density at radius 2 is 1.72 bits per heavy atom. The van der Waals surface area contributed by atoms with Gasteiger partial charge in [-0.15, -0.1) is 0 Å². The van der Waals surface area contributed by atoms with Crippen LogP contribution in [-0.4, -0.2) is 35.7 Å². The minimum absolute atomic E-state index is 0.00382. The maximum atomic E-state index is 14.0. The van der Waals surface area contributed by atoms with E-state index in [-0.39, 0.29) is 28.6 Å². The van der Waals surface area contributed by atoms with Crippen molar-refractivity contribution in [2.24, 2.45) is 5.41 Å². The summed E-state index contributed by atoms with van der Waals surface area (Å²) in [5, 5.41) is 13.2. The number of H-pyrrole nitrogens is 2. The second-order valence-electron chi connectivity index (χ2n) is 10.2. The van der Waals surface area contributed by atoms with Crippen LogP contribution < -0.4 is 11.0 Å². The van der Waals surface area contributed by atoms with Gasteiger partial charge in [0.15, 0.2) is 11.5 Å². The van der Waals surface area contributed by atoms with Gasteiger partial charge in [-0.05, 0) is 36.8 Å². The highest BCUT2D eigenvalue weighted by molar-refractivity contribution is 5.95. The number of alkyl halides is 3. The lowest BCUT2D eigenvalue weighted by Crippen LogP contribution is -2.27. The lowest BCUT2D eigenvalue weighted by molar-refractivity contribution is -0.137. The number of fused-ring (bicyclic) bond motifs is 1. The number of aryl methyl sites for hydroxylation is 1. The molecule has 5 rings (SSSR count). The van der Waals surface area contributed by atoms with Crippen LogP contribution in [0.15, 0.2) is 59.5 Å². The van der Waals surface area contributed by atoms with Gasteiger partial charge in [0.05, 0.1) is 23.1 Å². The summed E-state index contributed by atoms with van der Waals surface area (Å²) in [6.07, 6.45) is -3.07. The summed E-state index contributed by atoms with van der Waals surface area (Å²) in [7, 11) is 0. The van der Waals surface area contributed by atoms with Crippen LogP contribution in [0.4, 0.5) is 18.9 Å². The number of aromatic amines is 2. The Bertz CT molecular complexity index is 1770. The van der Waals surface area contributed by atoms with Gasteiger partial charge in [-0.25, -0.2) is 19.4 Å². The number of carbonyl (C=O) groups excluding carboxylic acids is 1. The maximum absolute atomic E-state index is 14.0. The van der Waals surface area contributed by atoms with Crippen molar-refractivity contribution in [2.45, 2.75) is 33.9 Å². The highest BCUT2D eigenvalue weighted by Crippen LogP contribution is 2.38. The van der Waals surface area contributed by atoms with Crippen molar-refractivity contribution in [3.8, 4) is 33.9 Å². The molecule has 0 atom stereocenters. The van der Waals surface area contributed by atoms with Crippen LogP contribution in [0, 0.1) is 12.3 Å². The van der Waals surface area contributed by atoms with Crippen molar-refractivity contribution in [1.29, 1.82) is 0 Å². The molecule has 0 radical (unpaired) electrons. The fraction of sp³-hybridized carbons (Fsp3) is 0.222. The van der Waals surface area contributed by atoms with E-state index in [1.807, 2.05) is 45.9 Å². The molecular formula is C27H24F3N7O2. The largest absolute Gasteiger partial charge is 0.417 e. The van der Waals surface area contributed by atoms with E-state index in [1.165, 1.54) is 22.7 Å². The third-order valence-electron chi connectivity index (χ3n) is 6.16. The maximum Gasteiger partial charge on any atom is 0.417 e. The van der Waals surface area contributed by atoms with Crippen molar-refractivity contribution in [3.63, 3.8) is 0 Å². The highest BCUT2D eigenvalue weighted by atomic mass is 19.4. The number of amides is 1. The van der Waals surface area contributed by atoms with Crippen LogP contribution in [0.1, 0.15) is 31.9 Å². The van der Waals surface area contributed by atoms with Crippen molar-refractivity contribution in [2.75, 3.05) is 5.32 Å². The van der Waals surface area contributed by atoms with Gasteiger partial charge in [-0.1, -0.05) is 45.0 Å². The molecule has 3 heterocycles. The first-order valence-corrected chi connectivity index (χ1v) is 12.0. The van der Waals surface area contributed by atoms with Gasteiger partial charge in [-0.3, -0.25) is 9.78 Å². The number of hydrogen-bond donors (Lipinski definition) is 3. The molecule has 0 aliphatic carbocycles. The number of benzene rings is 2. The van der Waals surface area contributed by atoms with E-state index in [0.29, 0.717) is 22.6 Å². The van der Waals surface area contributed by atoms with Gasteiger partial charge in [-0.2, -0.15) is 23.4 Å². The zero-order valence-corrected chi connectivity index (χ0v) is 21.4. The Morgan fingerprint density at radius 1 is 0.974 bits per heavy atom. The number of halogens is 3. The molecular weight excluding hydrogens is 511 g/mol. The fourth-order valence-corrected chi connectivity index (χ4v) is 3.95. The van der Waals surface area contributed by atoms with Crippen LogP contribution in [0.3, 0.4) is 0 Å². The molecule has 1 amide bonds. The molecule has 2 aromatic carbocycles. The molecule has 0 aliphatic rings. The summed E-state index contributed by atoms with van der Waals surface area (Å²) < 4.78 is 43.5. The van der Waals surface area contributed by atoms with Crippen LogP contribution >= 0.6 is 0 Å². The van der Waals surface area contributed by atoms with Crippen molar-refractivity contribution in [1.82, 2.24) is 29.8 Å². The summed E-state index contributed by atoms with van der Waals surface area (Å²) >= 11 is 0. The van der Waals surface area contributed by atoms with Crippen LogP contribution in [-0.2, 0) is 11.0 Å². The topological polar surface area (TPSA) is 121 Å². The number of aromatic nitrogens is 6. The Hall–Kier alpha value is -4.74. The van der Waals surface area contributed by atoms with Gasteiger partial charge in [0.1, 0.15) is 0 Å². The van der Waals surface area contributed by atoms with Gasteiger partial charge in [0.2, 0.25) is 5.91 Å². The molecule has 12 heteroatoms. The van der Waals surface area contributed by atoms with E-state index in [1.54, 1.807) is 12.3 Å². The molecule has 0 saturated carbocycles. The second kappa shape index (κ2) is 9.22. The van der Waals surface area contributed by atoms with E-state index < -0.39 is 22.8 Å². The first-order valence-electron chi connectivity index (χ1n) is 12.0. The molecule has 0 bridgehead atoms. The number of imidazole rings is 1. The van der Waals surface area contributed by atoms with Gasteiger partial charge in [0, 0.05) is 27.8 Å². The van der Waals surface area contributed by atoms with Gasteiger partial charge in [0.25, 0.3) is 0 Å². The summed E-state index contributed by atoms with van der Waals surface area (Å²) in [5.41, 5.74) is 1.15. The molecule has 0 aliphatic heterocycles. The van der Waals surface area contributed by atoms with E-state index in [2.05, 4.69) is 30.6 Å². The number of carbonyl (C=O) groups is 1. The third-order valence-corrected chi connectivity index (χ3v) is 6.16. The van der Waals surface area contributed by atoms with Crippen LogP contribution in [0.25, 0.3) is 39.5 Å². The lowest BCUT2D eigenvalue weighted by atomic mass is 9.95. The first-order chi connectivity index (χ1) is 18.3. The molecule has 200 valence electrons. The van der Waals surface area contributed by atoms with Crippen LogP contribution in [0.5, 0.6) is 0 Å². The number of anilines is 1. The molecule has 9 nitrogen and oxygen atoms in total. The van der Waals surface area contributed by atoms with E-state index in [0.717, 1.165) is 11.6 Å². The monoisotopic (exact) mass is 535 g/mol. The molecule has 0 spiro atoms. The number of rotatable bonds is 4. The molecule has 0 fully saturated rings. The standard InChI is InChI=1S/C27H24F3N7O2/c1-14-5-6-15(12-20(14)32-24(38)26(2,3)4)21-13-37-22(31-21)10-9-19(36-37)17-8-7-16(11-18(17)27(28,29)30)23-33-25(39)35-34-23/h5-13H,1-4H3,(H,32,38)(H2,33,34,35,39). The summed E-state index contributed by atoms with van der Waals surface area (Å²) in [4.78, 5) is 30.8. The molecule has 0 unspecified atom stereocenters. The summed E-state index contributed by atoms with van der Waals surface area (Å²) in [6.45, 7) is 7.35. The van der Waals surface area contributed by atoms with Crippen molar-refractivity contribution in [3.05, 3.63) is 76.3 Å². The predicted molar refractivity (Wildman–Crippen MR) is 140 cm³/mol. The summed E-state index contributed by atoms with van der Waals surface area (Å²) in [5.74, 6) is -0.134. The second-order valence-corrected chi connectivity index (χ2v) is 10.2. The normalized spacial score (nSPS) is 12.2. The van der Waals surface area contributed by atoms with Crippen LogP contribution in [0.2, 0.25) is 0 Å². The minimum atomic E-state index is -4.69. The Balaban J connectivity index is 1.53. The number of nitrogens with one attached hydrogen (secondary N) is 3. The number of hydrogen-bond acceptors (Lipinski definition) is 5. The first kappa shape index (κ1) is 25.9.